The van der Waals surface area contributed by atoms with Crippen molar-refractivity contribution < 1.29 is 52.0 Å². The molecule has 5 amide bonds. The molecule has 0 unspecified atom stereocenters. The predicted molar refractivity (Wildman–Crippen MR) is 199 cm³/mol. The fraction of sp³-hybridized carbons (Fsp3) is 0.647. The number of carboxylic acid groups (broad SMARTS) is 1. The average Bonchev–Trinajstić information content (AvgIpc) is 3.61. The molecule has 0 aromatic heterocycles. The van der Waals surface area contributed by atoms with E-state index in [1.54, 1.807) is 26.0 Å². The largest absolute Gasteiger partial charge is 0.529 e. The van der Waals surface area contributed by atoms with Gasteiger partial charge in [-0.15, -0.1) is 0 Å². The van der Waals surface area contributed by atoms with Gasteiger partial charge in [-0.2, -0.15) is 11.8 Å². The Kier molecular flexibility index (Phi) is 18.8. The molecule has 0 bridgehead atoms. The van der Waals surface area contributed by atoms with E-state index in [4.69, 9.17) is 24.4 Å². The van der Waals surface area contributed by atoms with Crippen molar-refractivity contribution in [3.05, 3.63) is 29.8 Å². The highest BCUT2D eigenvalue weighted by molar-refractivity contribution is 7.98. The summed E-state index contributed by atoms with van der Waals surface area (Å²) < 4.78 is 27.0. The summed E-state index contributed by atoms with van der Waals surface area (Å²) >= 11 is 1.46. The van der Waals surface area contributed by atoms with Gasteiger partial charge in [0.1, 0.15) is 36.5 Å². The highest BCUT2D eigenvalue weighted by Crippen LogP contribution is 2.47. The Labute approximate surface area is 315 Å². The minimum atomic E-state index is -3.75. The second-order valence-corrected chi connectivity index (χ2v) is 16.2. The minimum absolute atomic E-state index is 0.00989. The molecular formula is C34H55N6O11PS. The summed E-state index contributed by atoms with van der Waals surface area (Å²) in [6.07, 6.45) is 3.30. The van der Waals surface area contributed by atoms with Gasteiger partial charge in [0, 0.05) is 20.8 Å². The Hall–Kier alpha value is -3.70. The van der Waals surface area contributed by atoms with Gasteiger partial charge >= 0.3 is 13.8 Å². The third kappa shape index (κ3) is 14.6. The van der Waals surface area contributed by atoms with E-state index in [0.29, 0.717) is 24.2 Å². The van der Waals surface area contributed by atoms with Crippen molar-refractivity contribution in [2.45, 2.75) is 90.0 Å². The molecule has 17 nitrogen and oxygen atoms in total. The first-order valence-corrected chi connectivity index (χ1v) is 20.3. The molecule has 1 aromatic rings. The second-order valence-electron chi connectivity index (χ2n) is 13.4. The lowest BCUT2D eigenvalue weighted by atomic mass is 10.00. The Morgan fingerprint density at radius 3 is 2.15 bits per heavy atom. The third-order valence-electron chi connectivity index (χ3n) is 8.45. The van der Waals surface area contributed by atoms with Crippen LogP contribution in [0.15, 0.2) is 24.3 Å². The van der Waals surface area contributed by atoms with E-state index in [1.165, 1.54) is 43.0 Å². The van der Waals surface area contributed by atoms with E-state index in [1.807, 2.05) is 20.1 Å². The van der Waals surface area contributed by atoms with Gasteiger partial charge in [0.15, 0.2) is 0 Å². The Morgan fingerprint density at radius 1 is 0.962 bits per heavy atom. The van der Waals surface area contributed by atoms with Crippen LogP contribution >= 0.6 is 19.6 Å². The first-order chi connectivity index (χ1) is 24.9. The standard InChI is InChI=1S/C34H55N6O11PS/c1-20(2)17-26(31(44)36-19-28(41)42)38-32(45)25(14-16-53-7)37-33(46)27-9-8-15-40(27)34(47)29(21(3)4)39-30(43)24(35)18-22-10-12-23(13-11-22)51-52(48,49-5)50-6/h10-13,20-21,24-27,29H,8-9,14-19,35H2,1-7H3,(H,36,44)(H,37,46)(H,38,45)(H,39,43)(H,41,42)/t24-,25-,26-,27-,29-/m0/s1. The van der Waals surface area contributed by atoms with Gasteiger partial charge in [0.05, 0.1) is 6.04 Å². The van der Waals surface area contributed by atoms with Crippen LogP contribution in [0.25, 0.3) is 0 Å². The van der Waals surface area contributed by atoms with Crippen LogP contribution in [0.3, 0.4) is 0 Å². The SMILES string of the molecule is COP(=O)(OC)Oc1ccc(C[C@H](N)C(=O)N[C@H](C(=O)N2CCC[C@H]2C(=O)N[C@@H](CCSC)C(=O)N[C@@H](CC(C)C)C(=O)NCC(=O)O)C(C)C)cc1. The van der Waals surface area contributed by atoms with Crippen molar-refractivity contribution in [3.63, 3.8) is 0 Å². The predicted octanol–water partition coefficient (Wildman–Crippen LogP) is 1.44. The van der Waals surface area contributed by atoms with Gasteiger partial charge in [-0.1, -0.05) is 39.8 Å². The van der Waals surface area contributed by atoms with Crippen LogP contribution in [0.4, 0.5) is 0 Å². The van der Waals surface area contributed by atoms with E-state index in [9.17, 15) is 33.3 Å². The number of hydrogen-bond acceptors (Lipinski definition) is 12. The van der Waals surface area contributed by atoms with Crippen molar-refractivity contribution in [3.8, 4) is 5.75 Å². The first-order valence-electron chi connectivity index (χ1n) is 17.4. The van der Waals surface area contributed by atoms with Crippen LogP contribution in [0.1, 0.15) is 58.9 Å². The van der Waals surface area contributed by atoms with Gasteiger partial charge < -0.3 is 41.5 Å². The summed E-state index contributed by atoms with van der Waals surface area (Å²) in [6, 6.07) is 1.36. The number of likely N-dealkylation sites (tertiary alicyclic amines) is 1. The molecular weight excluding hydrogens is 731 g/mol. The monoisotopic (exact) mass is 786 g/mol. The first kappa shape index (κ1) is 45.5. The molecule has 1 aliphatic heterocycles. The van der Waals surface area contributed by atoms with E-state index >= 15 is 0 Å². The molecule has 0 spiro atoms. The molecule has 0 saturated carbocycles. The lowest BCUT2D eigenvalue weighted by Crippen LogP contribution is -2.59. The number of aliphatic carboxylic acids is 1. The van der Waals surface area contributed by atoms with E-state index < -0.39 is 80.1 Å². The van der Waals surface area contributed by atoms with Crippen molar-refractivity contribution in [1.29, 1.82) is 0 Å². The van der Waals surface area contributed by atoms with Gasteiger partial charge in [0.2, 0.25) is 29.5 Å². The van der Waals surface area contributed by atoms with Gasteiger partial charge in [-0.3, -0.25) is 37.8 Å². The number of nitrogens with two attached hydrogens (primary N) is 1. The zero-order valence-electron chi connectivity index (χ0n) is 31.4. The van der Waals surface area contributed by atoms with Gasteiger partial charge in [0.25, 0.3) is 0 Å². The zero-order chi connectivity index (χ0) is 39.9. The number of thioether (sulfide) groups is 1. The highest BCUT2D eigenvalue weighted by Gasteiger charge is 2.40. The Morgan fingerprint density at radius 2 is 1.60 bits per heavy atom. The van der Waals surface area contributed by atoms with Crippen LogP contribution < -0.4 is 31.5 Å². The molecule has 1 heterocycles. The summed E-state index contributed by atoms with van der Waals surface area (Å²) in [5.41, 5.74) is 6.91. The topological polar surface area (TPSA) is 245 Å². The number of carbonyl (C=O) groups excluding carboxylic acids is 5. The maximum Gasteiger partial charge on any atom is 0.529 e. The van der Waals surface area contributed by atoms with Crippen molar-refractivity contribution in [1.82, 2.24) is 26.2 Å². The number of nitrogens with zero attached hydrogens (tertiary/aromatic N) is 1. The number of hydrogen-bond donors (Lipinski definition) is 6. The number of phosphoric acid groups is 1. The summed E-state index contributed by atoms with van der Waals surface area (Å²) in [4.78, 5) is 79.4. The molecule has 19 heteroatoms. The van der Waals surface area contributed by atoms with Crippen molar-refractivity contribution >= 4 is 55.1 Å². The normalized spacial score (nSPS) is 16.7. The molecule has 2 rings (SSSR count). The second kappa shape index (κ2) is 21.9. The lowest BCUT2D eigenvalue weighted by molar-refractivity contribution is -0.143. The van der Waals surface area contributed by atoms with Gasteiger partial charge in [-0.25, -0.2) is 4.57 Å². The molecule has 1 fully saturated rings. The smallest absolute Gasteiger partial charge is 0.480 e. The highest BCUT2D eigenvalue weighted by atomic mass is 32.2. The Balaban J connectivity index is 2.13. The van der Waals surface area contributed by atoms with Crippen molar-refractivity contribution in [2.75, 3.05) is 39.3 Å². The molecule has 1 aliphatic rings. The summed E-state index contributed by atoms with van der Waals surface area (Å²) in [5, 5.41) is 19.5. The van der Waals surface area contributed by atoms with Crippen LogP contribution in [0.2, 0.25) is 0 Å². The molecule has 1 saturated heterocycles. The molecule has 0 aliphatic carbocycles. The number of phosphoric ester groups is 1. The maximum absolute atomic E-state index is 13.9. The fourth-order valence-corrected chi connectivity index (χ4v) is 6.75. The molecule has 7 N–H and O–H groups in total. The number of benzene rings is 1. The number of amides is 5. The molecule has 0 radical (unpaired) electrons. The van der Waals surface area contributed by atoms with Crippen LogP contribution in [-0.4, -0.2) is 115 Å². The number of nitrogens with one attached hydrogen (secondary N) is 4. The number of carboxylic acids is 1. The van der Waals surface area contributed by atoms with Crippen LogP contribution in [0, 0.1) is 11.8 Å². The summed E-state index contributed by atoms with van der Waals surface area (Å²) in [6.45, 7) is 6.89. The molecule has 53 heavy (non-hydrogen) atoms. The molecule has 298 valence electrons. The maximum atomic E-state index is 13.9. The minimum Gasteiger partial charge on any atom is -0.480 e. The Bertz CT molecular complexity index is 1460. The quantitative estimate of drug-likeness (QED) is 0.0913. The zero-order valence-corrected chi connectivity index (χ0v) is 33.1. The van der Waals surface area contributed by atoms with Crippen LogP contribution in [-0.2, 0) is 48.8 Å². The average molecular weight is 787 g/mol. The summed E-state index contributed by atoms with van der Waals surface area (Å²) in [5.74, 6) is -3.69. The lowest BCUT2D eigenvalue weighted by Gasteiger charge is -2.32. The van der Waals surface area contributed by atoms with Gasteiger partial charge in [-0.05, 0) is 73.6 Å². The van der Waals surface area contributed by atoms with Crippen molar-refractivity contribution in [2.24, 2.45) is 17.6 Å². The number of rotatable bonds is 22. The molecule has 5 atom stereocenters. The van der Waals surface area contributed by atoms with E-state index in [2.05, 4.69) is 21.3 Å². The van der Waals surface area contributed by atoms with Crippen LogP contribution in [0.5, 0.6) is 5.75 Å². The van der Waals surface area contributed by atoms with E-state index in [0.717, 1.165) is 0 Å². The molecule has 1 aromatic carbocycles. The fourth-order valence-electron chi connectivity index (χ4n) is 5.60. The summed E-state index contributed by atoms with van der Waals surface area (Å²) in [7, 11) is -1.36. The third-order valence-corrected chi connectivity index (χ3v) is 10.4. The van der Waals surface area contributed by atoms with E-state index in [-0.39, 0.29) is 43.4 Å². The number of carbonyl (C=O) groups is 6.